The maximum absolute atomic E-state index is 11.8. The zero-order chi connectivity index (χ0) is 13.9. The molecule has 0 radical (unpaired) electrons. The molecule has 98 valence electrons. The predicted octanol–water partition coefficient (Wildman–Crippen LogP) is 2.61. The van der Waals surface area contributed by atoms with E-state index in [2.05, 4.69) is 5.32 Å². The van der Waals surface area contributed by atoms with Crippen molar-refractivity contribution in [1.82, 2.24) is 0 Å². The Balaban J connectivity index is 3.07. The number of carbonyl (C=O) groups excluding carboxylic acids is 1. The summed E-state index contributed by atoms with van der Waals surface area (Å²) < 4.78 is 4.99. The van der Waals surface area contributed by atoms with Crippen LogP contribution in [-0.4, -0.2) is 23.5 Å². The monoisotopic (exact) mass is 272 g/mol. The number of rotatable bonds is 4. The quantitative estimate of drug-likeness (QED) is 0.675. The van der Waals surface area contributed by atoms with E-state index in [0.717, 1.165) is 0 Å². The largest absolute Gasteiger partial charge is 0.369 e. The Morgan fingerprint density at radius 1 is 1.50 bits per heavy atom. The van der Waals surface area contributed by atoms with Crippen LogP contribution in [0.3, 0.4) is 0 Å². The molecule has 0 aromatic heterocycles. The van der Waals surface area contributed by atoms with Crippen molar-refractivity contribution >= 4 is 28.9 Å². The minimum Gasteiger partial charge on any atom is -0.369 e. The first-order chi connectivity index (χ1) is 8.27. The van der Waals surface area contributed by atoms with E-state index in [9.17, 15) is 14.9 Å². The van der Waals surface area contributed by atoms with Crippen molar-refractivity contribution in [3.05, 3.63) is 33.3 Å². The van der Waals surface area contributed by atoms with Crippen molar-refractivity contribution in [3.8, 4) is 0 Å². The van der Waals surface area contributed by atoms with Crippen molar-refractivity contribution in [1.29, 1.82) is 0 Å². The van der Waals surface area contributed by atoms with E-state index in [-0.39, 0.29) is 11.4 Å². The topological polar surface area (TPSA) is 81.5 Å². The number of nitro benzene ring substituents is 1. The molecule has 1 aromatic carbocycles. The molecule has 0 spiro atoms. The molecule has 1 aromatic rings. The summed E-state index contributed by atoms with van der Waals surface area (Å²) in [5.74, 6) is -0.490. The van der Waals surface area contributed by atoms with Gasteiger partial charge in [0, 0.05) is 18.2 Å². The number of methoxy groups -OCH3 is 1. The van der Waals surface area contributed by atoms with Gasteiger partial charge in [0.15, 0.2) is 0 Å². The van der Waals surface area contributed by atoms with Gasteiger partial charge in [0.05, 0.1) is 4.92 Å². The Bertz CT molecular complexity index is 488. The summed E-state index contributed by atoms with van der Waals surface area (Å²) in [6.45, 7) is 3.11. The summed E-state index contributed by atoms with van der Waals surface area (Å²) in [5, 5.41) is 13.5. The van der Waals surface area contributed by atoms with Gasteiger partial charge in [-0.3, -0.25) is 14.9 Å². The number of nitrogens with zero attached hydrogens (tertiary/aromatic N) is 1. The zero-order valence-corrected chi connectivity index (χ0v) is 10.9. The van der Waals surface area contributed by atoms with E-state index >= 15 is 0 Å². The normalized spacial score (nSPS) is 11.1. The van der Waals surface area contributed by atoms with Crippen LogP contribution in [0.4, 0.5) is 11.4 Å². The minimum atomic E-state index is -1.09. The second kappa shape index (κ2) is 5.32. The lowest BCUT2D eigenvalue weighted by Gasteiger charge is -2.21. The fourth-order valence-electron chi connectivity index (χ4n) is 1.13. The van der Waals surface area contributed by atoms with Crippen LogP contribution in [0.1, 0.15) is 13.8 Å². The second-order valence-electron chi connectivity index (χ2n) is 4.09. The highest BCUT2D eigenvalue weighted by Gasteiger charge is 2.29. The van der Waals surface area contributed by atoms with E-state index < -0.39 is 16.4 Å². The molecule has 0 fully saturated rings. The highest BCUT2D eigenvalue weighted by Crippen LogP contribution is 2.28. The first kappa shape index (κ1) is 14.4. The SMILES string of the molecule is COC(C)(C)C(=O)Nc1cc(Cl)ccc1[N+](=O)[O-]. The van der Waals surface area contributed by atoms with E-state index in [0.29, 0.717) is 5.02 Å². The number of ether oxygens (including phenoxy) is 1. The molecule has 0 aliphatic rings. The maximum atomic E-state index is 11.8. The molecule has 0 atom stereocenters. The molecule has 6 nitrogen and oxygen atoms in total. The smallest absolute Gasteiger partial charge is 0.292 e. The predicted molar refractivity (Wildman–Crippen MR) is 67.8 cm³/mol. The van der Waals surface area contributed by atoms with Crippen molar-refractivity contribution in [2.24, 2.45) is 0 Å². The third kappa shape index (κ3) is 3.18. The summed E-state index contributed by atoms with van der Waals surface area (Å²) in [6.07, 6.45) is 0. The number of hydrogen-bond donors (Lipinski definition) is 1. The van der Waals surface area contributed by atoms with Crippen LogP contribution in [-0.2, 0) is 9.53 Å². The first-order valence-electron chi connectivity index (χ1n) is 5.08. The molecule has 0 bridgehead atoms. The van der Waals surface area contributed by atoms with Gasteiger partial charge in [-0.05, 0) is 26.0 Å². The average molecular weight is 273 g/mol. The van der Waals surface area contributed by atoms with Gasteiger partial charge in [0.2, 0.25) is 0 Å². The highest BCUT2D eigenvalue weighted by molar-refractivity contribution is 6.31. The van der Waals surface area contributed by atoms with Gasteiger partial charge >= 0.3 is 0 Å². The molecular formula is C11H13ClN2O4. The fourth-order valence-corrected chi connectivity index (χ4v) is 1.31. The van der Waals surface area contributed by atoms with Crippen LogP contribution >= 0.6 is 11.6 Å². The number of benzene rings is 1. The Hall–Kier alpha value is -1.66. The van der Waals surface area contributed by atoms with Gasteiger partial charge < -0.3 is 10.1 Å². The molecule has 1 N–H and O–H groups in total. The van der Waals surface area contributed by atoms with Gasteiger partial charge in [-0.25, -0.2) is 0 Å². The van der Waals surface area contributed by atoms with E-state index in [1.165, 1.54) is 25.3 Å². The molecule has 0 unspecified atom stereocenters. The third-order valence-corrected chi connectivity index (χ3v) is 2.70. The Kier molecular flexibility index (Phi) is 4.26. The van der Waals surface area contributed by atoms with Crippen LogP contribution in [0.2, 0.25) is 5.02 Å². The van der Waals surface area contributed by atoms with Crippen LogP contribution in [0.5, 0.6) is 0 Å². The van der Waals surface area contributed by atoms with Crippen LogP contribution in [0.15, 0.2) is 18.2 Å². The van der Waals surface area contributed by atoms with E-state index in [1.54, 1.807) is 13.8 Å². The van der Waals surface area contributed by atoms with Gasteiger partial charge in [-0.2, -0.15) is 0 Å². The van der Waals surface area contributed by atoms with Crippen molar-refractivity contribution in [2.75, 3.05) is 12.4 Å². The standard InChI is InChI=1S/C11H13ClN2O4/c1-11(2,18-3)10(15)13-8-6-7(12)4-5-9(8)14(16)17/h4-6H,1-3H3,(H,13,15). The van der Waals surface area contributed by atoms with Crippen LogP contribution < -0.4 is 5.32 Å². The summed E-state index contributed by atoms with van der Waals surface area (Å²) in [5.41, 5.74) is -1.27. The number of anilines is 1. The van der Waals surface area contributed by atoms with Crippen molar-refractivity contribution in [3.63, 3.8) is 0 Å². The van der Waals surface area contributed by atoms with Crippen LogP contribution in [0.25, 0.3) is 0 Å². The number of nitro groups is 1. The Morgan fingerprint density at radius 2 is 2.11 bits per heavy atom. The zero-order valence-electron chi connectivity index (χ0n) is 10.2. The highest BCUT2D eigenvalue weighted by atomic mass is 35.5. The molecular weight excluding hydrogens is 260 g/mol. The third-order valence-electron chi connectivity index (χ3n) is 2.46. The van der Waals surface area contributed by atoms with Gasteiger partial charge in [-0.15, -0.1) is 0 Å². The molecule has 0 heterocycles. The van der Waals surface area contributed by atoms with Crippen LogP contribution in [0, 0.1) is 10.1 Å². The average Bonchev–Trinajstić information content (AvgIpc) is 2.28. The van der Waals surface area contributed by atoms with E-state index in [1.807, 2.05) is 0 Å². The lowest BCUT2D eigenvalue weighted by molar-refractivity contribution is -0.383. The summed E-state index contributed by atoms with van der Waals surface area (Å²) in [6, 6.07) is 3.94. The molecule has 18 heavy (non-hydrogen) atoms. The molecule has 1 rings (SSSR count). The maximum Gasteiger partial charge on any atom is 0.292 e. The number of amides is 1. The molecule has 0 saturated carbocycles. The Labute approximate surface area is 109 Å². The van der Waals surface area contributed by atoms with Gasteiger partial charge in [-0.1, -0.05) is 11.6 Å². The van der Waals surface area contributed by atoms with Gasteiger partial charge in [0.1, 0.15) is 11.3 Å². The molecule has 1 amide bonds. The summed E-state index contributed by atoms with van der Waals surface area (Å²) in [7, 11) is 1.38. The lowest BCUT2D eigenvalue weighted by Crippen LogP contribution is -2.38. The Morgan fingerprint density at radius 3 is 2.61 bits per heavy atom. The number of carbonyl (C=O) groups is 1. The van der Waals surface area contributed by atoms with E-state index in [4.69, 9.17) is 16.3 Å². The minimum absolute atomic E-state index is 0.0441. The first-order valence-corrected chi connectivity index (χ1v) is 5.46. The fraction of sp³-hybridized carbons (Fsp3) is 0.364. The summed E-state index contributed by atoms with van der Waals surface area (Å²) >= 11 is 5.75. The molecule has 0 aliphatic carbocycles. The lowest BCUT2D eigenvalue weighted by atomic mass is 10.1. The summed E-state index contributed by atoms with van der Waals surface area (Å²) in [4.78, 5) is 22.1. The number of halogens is 1. The number of nitrogens with one attached hydrogen (secondary N) is 1. The molecule has 0 saturated heterocycles. The van der Waals surface area contributed by atoms with Gasteiger partial charge in [0.25, 0.3) is 11.6 Å². The number of hydrogen-bond acceptors (Lipinski definition) is 4. The van der Waals surface area contributed by atoms with Crippen molar-refractivity contribution < 1.29 is 14.5 Å². The molecule has 0 aliphatic heterocycles. The second-order valence-corrected chi connectivity index (χ2v) is 4.52. The molecule has 7 heteroatoms. The van der Waals surface area contributed by atoms with Crippen molar-refractivity contribution in [2.45, 2.75) is 19.4 Å².